The van der Waals surface area contributed by atoms with Crippen molar-refractivity contribution in [2.75, 3.05) is 52.7 Å². The number of aryl methyl sites for hydroxylation is 2. The molecule has 4 fully saturated rings. The van der Waals surface area contributed by atoms with Crippen molar-refractivity contribution in [3.8, 4) is 6.57 Å². The summed E-state index contributed by atoms with van der Waals surface area (Å²) in [4.78, 5) is 44.1. The van der Waals surface area contributed by atoms with Crippen molar-refractivity contribution < 1.29 is 18.7 Å². The minimum atomic E-state index is -0.599. The Morgan fingerprint density at radius 3 is 2.38 bits per heavy atom. The molecule has 3 unspecified atom stereocenters. The van der Waals surface area contributed by atoms with Crippen LogP contribution in [-0.4, -0.2) is 107 Å². The van der Waals surface area contributed by atoms with Gasteiger partial charge in [0.2, 0.25) is 5.91 Å². The van der Waals surface area contributed by atoms with Crippen LogP contribution in [-0.2, 0) is 22.4 Å². The molecule has 1 saturated carbocycles. The van der Waals surface area contributed by atoms with E-state index >= 15 is 4.39 Å². The fourth-order valence-electron chi connectivity index (χ4n) is 7.08. The maximum Gasteiger partial charge on any atom is 0.410 e. The van der Waals surface area contributed by atoms with Gasteiger partial charge in [-0.05, 0) is 75.3 Å². The molecule has 0 radical (unpaired) electrons. The number of carbonyl (C=O) groups is 2. The number of nitriles is 1. The number of imidazole rings is 1. The number of carbonyl (C=O) groups excluding carboxylic acids is 2. The van der Waals surface area contributed by atoms with Gasteiger partial charge in [-0.1, -0.05) is 13.3 Å². The van der Waals surface area contributed by atoms with Crippen molar-refractivity contribution in [3.63, 3.8) is 0 Å². The molecular weight excluding hydrogens is 667 g/mol. The molecule has 13 heteroatoms. The van der Waals surface area contributed by atoms with Gasteiger partial charge in [-0.3, -0.25) is 4.79 Å². The number of halogens is 2. The summed E-state index contributed by atoms with van der Waals surface area (Å²) in [5.74, 6) is 1.28. The first-order chi connectivity index (χ1) is 22.2. The standard InChI is InChI=1S/C33H45BrFN7O3.CHN/c1-9-10-18-13-21-27(26(35)25(18)34)37-31(40-16-20(17-40)38(5)6)28-30(21)42(23(36-28)11-12-24(43)39(7)8)29-19-14-22(29)41(15-19)32(44)45-33(2,3)4;1-2/h13,19-20,22,29H,9-12,14-17H2,1-8H3;1H. The van der Waals surface area contributed by atoms with E-state index in [0.717, 1.165) is 53.7 Å². The molecule has 0 spiro atoms. The summed E-state index contributed by atoms with van der Waals surface area (Å²) in [6.45, 7) is 13.3. The van der Waals surface area contributed by atoms with E-state index in [1.165, 1.54) is 0 Å². The van der Waals surface area contributed by atoms with Crippen LogP contribution in [0.2, 0.25) is 0 Å². The summed E-state index contributed by atoms with van der Waals surface area (Å²) < 4.78 is 24.7. The third-order valence-electron chi connectivity index (χ3n) is 9.58. The van der Waals surface area contributed by atoms with E-state index in [1.54, 1.807) is 19.0 Å². The van der Waals surface area contributed by atoms with Crippen LogP contribution in [0, 0.1) is 23.6 Å². The molecule has 7 rings (SSSR count). The molecular formula is C34H46BrFN8O3. The Kier molecular flexibility index (Phi) is 9.77. The molecule has 1 aromatic carbocycles. The molecule has 2 aromatic heterocycles. The van der Waals surface area contributed by atoms with Crippen LogP contribution in [0.5, 0.6) is 0 Å². The van der Waals surface area contributed by atoms with Gasteiger partial charge in [-0.15, -0.1) is 0 Å². The maximum atomic E-state index is 16.3. The van der Waals surface area contributed by atoms with E-state index in [2.05, 4.69) is 64.0 Å². The number of likely N-dealkylation sites (N-methyl/N-ethyl adjacent to an activating group) is 1. The summed E-state index contributed by atoms with van der Waals surface area (Å²) in [6, 6.07) is 2.29. The number of pyridine rings is 1. The average Bonchev–Trinajstić information content (AvgIpc) is 3.67. The molecule has 2 amide bonds. The number of fused-ring (bicyclic) bond motifs is 4. The highest BCUT2D eigenvalue weighted by atomic mass is 79.9. The number of benzene rings is 1. The largest absolute Gasteiger partial charge is 0.444 e. The average molecular weight is 714 g/mol. The highest BCUT2D eigenvalue weighted by Crippen LogP contribution is 2.52. The van der Waals surface area contributed by atoms with Crippen molar-refractivity contribution in [2.24, 2.45) is 5.92 Å². The number of amides is 2. The third kappa shape index (κ3) is 6.26. The van der Waals surface area contributed by atoms with E-state index in [-0.39, 0.29) is 35.8 Å². The second-order valence-electron chi connectivity index (χ2n) is 14.3. The highest BCUT2D eigenvalue weighted by Gasteiger charge is 2.56. The van der Waals surface area contributed by atoms with Gasteiger partial charge >= 0.3 is 6.09 Å². The number of anilines is 1. The SMILES string of the molecule is C#N.CCCc1cc2c(nc(N3CC(N(C)C)C3)c3nc(CCC(=O)N(C)C)n(C4C5CC4N(C(=O)OC(C)(C)C)C5)c32)c(F)c1Br. The fourth-order valence-corrected chi connectivity index (χ4v) is 7.58. The second-order valence-corrected chi connectivity index (χ2v) is 15.1. The van der Waals surface area contributed by atoms with E-state index in [1.807, 2.05) is 25.7 Å². The summed E-state index contributed by atoms with van der Waals surface area (Å²) in [6.07, 6.45) is 2.86. The second kappa shape index (κ2) is 13.2. The van der Waals surface area contributed by atoms with Crippen LogP contribution in [0.1, 0.15) is 64.4 Å². The van der Waals surface area contributed by atoms with Crippen molar-refractivity contribution in [1.29, 1.82) is 5.26 Å². The lowest BCUT2D eigenvalue weighted by molar-refractivity contribution is -0.128. The van der Waals surface area contributed by atoms with Gasteiger partial charge in [-0.25, -0.2) is 24.4 Å². The van der Waals surface area contributed by atoms with Crippen LogP contribution in [0.3, 0.4) is 0 Å². The van der Waals surface area contributed by atoms with Gasteiger partial charge in [0, 0.05) is 70.5 Å². The monoisotopic (exact) mass is 712 g/mol. The summed E-state index contributed by atoms with van der Waals surface area (Å²) in [5.41, 5.74) is 2.17. The molecule has 3 aliphatic heterocycles. The predicted molar refractivity (Wildman–Crippen MR) is 184 cm³/mol. The molecule has 5 heterocycles. The first-order valence-corrected chi connectivity index (χ1v) is 17.1. The Labute approximate surface area is 284 Å². The third-order valence-corrected chi connectivity index (χ3v) is 10.4. The van der Waals surface area contributed by atoms with Crippen LogP contribution in [0.4, 0.5) is 15.0 Å². The molecule has 254 valence electrons. The molecule has 47 heavy (non-hydrogen) atoms. The number of ether oxygens (including phenoxy) is 1. The lowest BCUT2D eigenvalue weighted by Gasteiger charge is -2.43. The highest BCUT2D eigenvalue weighted by molar-refractivity contribution is 9.10. The zero-order chi connectivity index (χ0) is 34.5. The predicted octanol–water partition coefficient (Wildman–Crippen LogP) is 5.53. The lowest BCUT2D eigenvalue weighted by Crippen LogP contribution is -2.57. The first-order valence-electron chi connectivity index (χ1n) is 16.3. The fraction of sp³-hybridized carbons (Fsp3) is 0.618. The van der Waals surface area contributed by atoms with E-state index in [9.17, 15) is 9.59 Å². The van der Waals surface area contributed by atoms with Crippen molar-refractivity contribution in [3.05, 3.63) is 27.7 Å². The minimum absolute atomic E-state index is 0.0144. The molecule has 0 N–H and O–H groups in total. The number of rotatable bonds is 8. The Balaban J connectivity index is 0.00000213. The molecule has 2 bridgehead atoms. The van der Waals surface area contributed by atoms with Crippen molar-refractivity contribution in [2.45, 2.75) is 83.5 Å². The van der Waals surface area contributed by atoms with Gasteiger partial charge < -0.3 is 28.9 Å². The normalized spacial score (nSPS) is 20.7. The lowest BCUT2D eigenvalue weighted by atomic mass is 9.79. The van der Waals surface area contributed by atoms with Crippen LogP contribution < -0.4 is 4.90 Å². The quantitative estimate of drug-likeness (QED) is 0.300. The van der Waals surface area contributed by atoms with E-state index in [0.29, 0.717) is 47.7 Å². The number of hydrogen-bond acceptors (Lipinski definition) is 8. The van der Waals surface area contributed by atoms with Crippen LogP contribution in [0.15, 0.2) is 10.5 Å². The molecule has 3 saturated heterocycles. The van der Waals surface area contributed by atoms with Gasteiger partial charge in [0.1, 0.15) is 22.5 Å². The van der Waals surface area contributed by atoms with Gasteiger partial charge in [-0.2, -0.15) is 0 Å². The van der Waals surface area contributed by atoms with Crippen LogP contribution in [0.25, 0.3) is 21.9 Å². The smallest absolute Gasteiger partial charge is 0.410 e. The zero-order valence-corrected chi connectivity index (χ0v) is 30.3. The van der Waals surface area contributed by atoms with Gasteiger partial charge in [0.25, 0.3) is 0 Å². The van der Waals surface area contributed by atoms with Crippen molar-refractivity contribution >= 4 is 55.7 Å². The number of nitrogens with zero attached hydrogens (tertiary/aromatic N) is 8. The maximum absolute atomic E-state index is 16.3. The number of hydrogen-bond donors (Lipinski definition) is 0. The summed E-state index contributed by atoms with van der Waals surface area (Å²) >= 11 is 3.54. The van der Waals surface area contributed by atoms with E-state index in [4.69, 9.17) is 20.0 Å². The molecule has 3 atom stereocenters. The topological polar surface area (TPSA) is 111 Å². The van der Waals surface area contributed by atoms with Gasteiger partial charge in [0.15, 0.2) is 11.6 Å². The molecule has 3 aromatic rings. The van der Waals surface area contributed by atoms with Crippen LogP contribution >= 0.6 is 15.9 Å². The van der Waals surface area contributed by atoms with Crippen molar-refractivity contribution in [1.82, 2.24) is 29.2 Å². The summed E-state index contributed by atoms with van der Waals surface area (Å²) in [7, 11) is 7.64. The molecule has 1 aliphatic carbocycles. The Morgan fingerprint density at radius 2 is 1.79 bits per heavy atom. The Hall–Kier alpha value is -3.50. The zero-order valence-electron chi connectivity index (χ0n) is 28.7. The summed E-state index contributed by atoms with van der Waals surface area (Å²) in [5, 5.41) is 7.22. The molecule has 11 nitrogen and oxygen atoms in total. The molecule has 4 aliphatic rings. The van der Waals surface area contributed by atoms with E-state index < -0.39 is 5.60 Å². The number of aromatic nitrogens is 3. The Morgan fingerprint density at radius 1 is 1.11 bits per heavy atom. The Bertz CT molecular complexity index is 1710. The first kappa shape index (κ1) is 34.8. The minimum Gasteiger partial charge on any atom is -0.444 e. The van der Waals surface area contributed by atoms with Gasteiger partial charge in [0.05, 0.1) is 22.1 Å².